The first-order chi connectivity index (χ1) is 8.02. The fraction of sp³-hybridized carbons (Fsp3) is 0.385. The van der Waals surface area contributed by atoms with Crippen molar-refractivity contribution in [2.75, 3.05) is 7.05 Å². The topological polar surface area (TPSA) is 52.9 Å². The van der Waals surface area contributed by atoms with E-state index in [-0.39, 0.29) is 11.8 Å². The molecule has 1 aromatic rings. The summed E-state index contributed by atoms with van der Waals surface area (Å²) in [6, 6.07) is 9.19. The van der Waals surface area contributed by atoms with Gasteiger partial charge in [0.2, 0.25) is 0 Å². The fourth-order valence-electron chi connectivity index (χ4n) is 1.41. The van der Waals surface area contributed by atoms with E-state index in [0.717, 1.165) is 5.56 Å². The summed E-state index contributed by atoms with van der Waals surface area (Å²) >= 11 is 0. The molecule has 17 heavy (non-hydrogen) atoms. The monoisotopic (exact) mass is 234 g/mol. The van der Waals surface area contributed by atoms with E-state index in [1.807, 2.05) is 37.3 Å². The summed E-state index contributed by atoms with van der Waals surface area (Å²) in [4.78, 5) is 10.8. The van der Waals surface area contributed by atoms with Crippen molar-refractivity contribution in [1.29, 1.82) is 0 Å². The number of hydrogen-bond donors (Lipinski definition) is 1. The van der Waals surface area contributed by atoms with Gasteiger partial charge in [-0.3, -0.25) is 9.80 Å². The number of carbonyl (C=O) groups excluding carboxylic acids is 1. The van der Waals surface area contributed by atoms with Gasteiger partial charge in [0.1, 0.15) is 6.10 Å². The number of ketones is 1. The van der Waals surface area contributed by atoms with Crippen LogP contribution in [0.3, 0.4) is 0 Å². The molecule has 0 aliphatic heterocycles. The maximum absolute atomic E-state index is 10.8. The molecule has 0 saturated heterocycles. The van der Waals surface area contributed by atoms with Crippen LogP contribution in [0.1, 0.15) is 25.5 Å². The quantitative estimate of drug-likeness (QED) is 0.622. The maximum Gasteiger partial charge on any atom is 0.172 e. The smallest absolute Gasteiger partial charge is 0.172 e. The van der Waals surface area contributed by atoms with Crippen LogP contribution in [-0.2, 0) is 4.79 Å². The van der Waals surface area contributed by atoms with Gasteiger partial charge in [-0.25, -0.2) is 0 Å². The summed E-state index contributed by atoms with van der Waals surface area (Å²) in [5, 5.41) is 15.7. The lowest BCUT2D eigenvalue weighted by Gasteiger charge is -2.26. The Kier molecular flexibility index (Phi) is 4.84. The Morgan fingerprint density at radius 2 is 2.00 bits per heavy atom. The molecule has 0 radical (unpaired) electrons. The van der Waals surface area contributed by atoms with Gasteiger partial charge in [-0.05, 0) is 12.5 Å². The van der Waals surface area contributed by atoms with Crippen molar-refractivity contribution in [2.24, 2.45) is 5.10 Å². The lowest BCUT2D eigenvalue weighted by Crippen LogP contribution is -2.30. The van der Waals surface area contributed by atoms with Crippen LogP contribution in [0.25, 0.3) is 0 Å². The Hall–Kier alpha value is -1.68. The number of aliphatic hydroxyl groups excluding tert-OH is 1. The normalized spacial score (nSPS) is 14.6. The summed E-state index contributed by atoms with van der Waals surface area (Å²) in [5.41, 5.74) is 0.838. The minimum absolute atomic E-state index is 0.113. The lowest BCUT2D eigenvalue weighted by molar-refractivity contribution is -0.110. The van der Waals surface area contributed by atoms with E-state index >= 15 is 0 Å². The fourth-order valence-corrected chi connectivity index (χ4v) is 1.41. The van der Waals surface area contributed by atoms with Crippen molar-refractivity contribution in [2.45, 2.75) is 26.0 Å². The van der Waals surface area contributed by atoms with Crippen LogP contribution < -0.4 is 0 Å². The van der Waals surface area contributed by atoms with Crippen LogP contribution in [0.4, 0.5) is 0 Å². The molecule has 1 N–H and O–H groups in total. The molecular formula is C13H18N2O2. The largest absolute Gasteiger partial charge is 0.386 e. The molecule has 0 bridgehead atoms. The van der Waals surface area contributed by atoms with Crippen molar-refractivity contribution in [3.63, 3.8) is 0 Å². The van der Waals surface area contributed by atoms with Crippen molar-refractivity contribution in [3.8, 4) is 0 Å². The van der Waals surface area contributed by atoms with Crippen molar-refractivity contribution >= 4 is 12.0 Å². The van der Waals surface area contributed by atoms with Gasteiger partial charge in [-0.1, -0.05) is 30.3 Å². The van der Waals surface area contributed by atoms with Crippen molar-refractivity contribution in [3.05, 3.63) is 35.9 Å². The number of hydrogen-bond acceptors (Lipinski definition) is 4. The predicted octanol–water partition coefficient (Wildman–Crippen LogP) is 1.62. The summed E-state index contributed by atoms with van der Waals surface area (Å²) in [7, 11) is 1.73. The minimum Gasteiger partial charge on any atom is -0.386 e. The van der Waals surface area contributed by atoms with E-state index in [9.17, 15) is 9.90 Å². The number of likely N-dealkylation sites (N-methyl/N-ethyl adjacent to an activating group) is 1. The van der Waals surface area contributed by atoms with Crippen LogP contribution in [-0.4, -0.2) is 35.2 Å². The Labute approximate surface area is 102 Å². The third-order valence-corrected chi connectivity index (χ3v) is 2.61. The molecule has 0 saturated carbocycles. The molecule has 4 nitrogen and oxygen atoms in total. The number of benzene rings is 1. The van der Waals surface area contributed by atoms with E-state index in [4.69, 9.17) is 0 Å². The van der Waals surface area contributed by atoms with E-state index in [0.29, 0.717) is 0 Å². The summed E-state index contributed by atoms with van der Waals surface area (Å²) in [5.74, 6) is -0.113. The van der Waals surface area contributed by atoms with Crippen LogP contribution in [0.2, 0.25) is 0 Å². The summed E-state index contributed by atoms with van der Waals surface area (Å²) in [6.07, 6.45) is 0.610. The molecule has 92 valence electrons. The Balaban J connectivity index is 2.69. The number of rotatable bonds is 5. The lowest BCUT2D eigenvalue weighted by atomic mass is 10.0. The number of nitrogens with zero attached hydrogens (tertiary/aromatic N) is 2. The van der Waals surface area contributed by atoms with E-state index in [1.54, 1.807) is 12.1 Å². The molecular weight excluding hydrogens is 216 g/mol. The molecule has 0 spiro atoms. The SMILES string of the molecule is CC(=O)C=NN(C)C(C)C(O)c1ccccc1. The summed E-state index contributed by atoms with van der Waals surface area (Å²) in [6.45, 7) is 3.30. The second-order valence-corrected chi connectivity index (χ2v) is 4.03. The maximum atomic E-state index is 10.8. The molecule has 4 heteroatoms. The van der Waals surface area contributed by atoms with Crippen LogP contribution in [0, 0.1) is 0 Å². The Morgan fingerprint density at radius 3 is 2.53 bits per heavy atom. The highest BCUT2D eigenvalue weighted by Gasteiger charge is 2.19. The van der Waals surface area contributed by atoms with E-state index < -0.39 is 6.10 Å². The van der Waals surface area contributed by atoms with Gasteiger partial charge in [-0.2, -0.15) is 5.10 Å². The number of carbonyl (C=O) groups is 1. The highest BCUT2D eigenvalue weighted by Crippen LogP contribution is 2.19. The van der Waals surface area contributed by atoms with Crippen LogP contribution in [0.15, 0.2) is 35.4 Å². The summed E-state index contributed by atoms with van der Waals surface area (Å²) < 4.78 is 0. The Bertz CT molecular complexity index is 390. The molecule has 2 atom stereocenters. The second-order valence-electron chi connectivity index (χ2n) is 4.03. The standard InChI is InChI=1S/C13H18N2O2/c1-10(16)9-14-15(3)11(2)13(17)12-7-5-4-6-8-12/h4-9,11,13,17H,1-3H3. The number of Topliss-reactive ketones (excluding diaryl/α,β-unsaturated/α-hetero) is 1. The van der Waals surface area contributed by atoms with Crippen molar-refractivity contribution < 1.29 is 9.90 Å². The highest BCUT2D eigenvalue weighted by atomic mass is 16.3. The average Bonchev–Trinajstić information content (AvgIpc) is 2.35. The molecule has 0 heterocycles. The third kappa shape index (κ3) is 4.00. The van der Waals surface area contributed by atoms with Crippen LogP contribution in [0.5, 0.6) is 0 Å². The molecule has 2 unspecified atom stereocenters. The molecule has 0 fully saturated rings. The van der Waals surface area contributed by atoms with E-state index in [2.05, 4.69) is 5.10 Å². The van der Waals surface area contributed by atoms with Gasteiger partial charge in [-0.15, -0.1) is 0 Å². The number of hydrazone groups is 1. The van der Waals surface area contributed by atoms with Gasteiger partial charge < -0.3 is 5.11 Å². The highest BCUT2D eigenvalue weighted by molar-refractivity contribution is 6.26. The first kappa shape index (κ1) is 13.4. The number of aliphatic hydroxyl groups is 1. The molecule has 1 rings (SSSR count). The van der Waals surface area contributed by atoms with Crippen LogP contribution >= 0.6 is 0 Å². The zero-order chi connectivity index (χ0) is 12.8. The molecule has 0 amide bonds. The average molecular weight is 234 g/mol. The van der Waals surface area contributed by atoms with Gasteiger partial charge in [0.25, 0.3) is 0 Å². The first-order valence-electron chi connectivity index (χ1n) is 5.52. The van der Waals surface area contributed by atoms with Gasteiger partial charge in [0.05, 0.1) is 12.3 Å². The molecule has 0 aromatic heterocycles. The second kappa shape index (κ2) is 6.15. The zero-order valence-corrected chi connectivity index (χ0v) is 10.4. The molecule has 0 aliphatic carbocycles. The van der Waals surface area contributed by atoms with Gasteiger partial charge >= 0.3 is 0 Å². The predicted molar refractivity (Wildman–Crippen MR) is 67.8 cm³/mol. The third-order valence-electron chi connectivity index (χ3n) is 2.61. The van der Waals surface area contributed by atoms with Gasteiger partial charge in [0.15, 0.2) is 5.78 Å². The zero-order valence-electron chi connectivity index (χ0n) is 10.4. The molecule has 0 aliphatic rings. The van der Waals surface area contributed by atoms with Crippen molar-refractivity contribution in [1.82, 2.24) is 5.01 Å². The minimum atomic E-state index is -0.634. The van der Waals surface area contributed by atoms with Gasteiger partial charge in [0, 0.05) is 14.0 Å². The first-order valence-corrected chi connectivity index (χ1v) is 5.52. The molecule has 1 aromatic carbocycles. The Morgan fingerprint density at radius 1 is 1.41 bits per heavy atom. The van der Waals surface area contributed by atoms with E-state index in [1.165, 1.54) is 13.1 Å².